The van der Waals surface area contributed by atoms with Crippen LogP contribution in [0.3, 0.4) is 0 Å². The van der Waals surface area contributed by atoms with Crippen LogP contribution in [0.1, 0.15) is 20.3 Å². The number of nitrogens with one attached hydrogen (secondary N) is 2. The first-order valence-corrected chi connectivity index (χ1v) is 7.57. The highest BCUT2D eigenvalue weighted by atomic mass is 16.2. The fourth-order valence-electron chi connectivity index (χ4n) is 2.59. The molecular formula is C14H23N5O3. The predicted molar refractivity (Wildman–Crippen MR) is 84.4 cm³/mol. The first kappa shape index (κ1) is 16.1. The Morgan fingerprint density at radius 3 is 2.68 bits per heavy atom. The smallest absolute Gasteiger partial charge is 0.329 e. The molecule has 122 valence electrons. The van der Waals surface area contributed by atoms with Gasteiger partial charge in [-0.2, -0.15) is 0 Å². The molecule has 22 heavy (non-hydrogen) atoms. The zero-order chi connectivity index (χ0) is 16.3. The monoisotopic (exact) mass is 309 g/mol. The van der Waals surface area contributed by atoms with Gasteiger partial charge in [-0.3, -0.25) is 14.3 Å². The Balaban J connectivity index is 2.03. The summed E-state index contributed by atoms with van der Waals surface area (Å²) in [5, 5.41) is 2.99. The van der Waals surface area contributed by atoms with Gasteiger partial charge in [-0.1, -0.05) is 0 Å². The highest BCUT2D eigenvalue weighted by Crippen LogP contribution is 2.15. The van der Waals surface area contributed by atoms with Crippen molar-refractivity contribution >= 4 is 11.8 Å². The minimum absolute atomic E-state index is 0.0145. The number of urea groups is 1. The maximum Gasteiger partial charge on any atom is 0.329 e. The molecule has 2 amide bonds. The lowest BCUT2D eigenvalue weighted by Crippen LogP contribution is -2.45. The fourth-order valence-corrected chi connectivity index (χ4v) is 2.59. The highest BCUT2D eigenvalue weighted by molar-refractivity contribution is 5.74. The number of anilines is 1. The Kier molecular flexibility index (Phi) is 4.89. The number of carbonyl (C=O) groups excluding carboxylic acids is 1. The minimum Gasteiger partial charge on any atom is -0.356 e. The van der Waals surface area contributed by atoms with Crippen molar-refractivity contribution in [2.45, 2.75) is 26.3 Å². The summed E-state index contributed by atoms with van der Waals surface area (Å²) in [7, 11) is 1.43. The van der Waals surface area contributed by atoms with Crippen LogP contribution in [0.25, 0.3) is 0 Å². The van der Waals surface area contributed by atoms with E-state index in [4.69, 9.17) is 0 Å². The fraction of sp³-hybridized carbons (Fsp3) is 0.643. The lowest BCUT2D eigenvalue weighted by atomic mass is 10.3. The molecule has 1 fully saturated rings. The van der Waals surface area contributed by atoms with E-state index in [0.29, 0.717) is 32.0 Å². The molecule has 0 radical (unpaired) electrons. The Morgan fingerprint density at radius 2 is 2.09 bits per heavy atom. The molecule has 1 saturated heterocycles. The largest absolute Gasteiger partial charge is 0.356 e. The molecule has 1 aromatic heterocycles. The second kappa shape index (κ2) is 6.67. The standard InChI is InChI=1S/C14H23N5O3/c1-4-18(5-2)14(22)15-10-6-7-19(9-10)11-8-12(20)17(3)13(21)16-11/h8,10H,4-7,9H2,1-3H3,(H,15,22)(H,16,21)/t10-/m1/s1. The number of rotatable bonds is 4. The van der Waals surface area contributed by atoms with Crippen molar-refractivity contribution in [2.75, 3.05) is 31.1 Å². The summed E-state index contributed by atoms with van der Waals surface area (Å²) in [5.74, 6) is 0.507. The number of hydrogen-bond donors (Lipinski definition) is 2. The number of aromatic nitrogens is 2. The summed E-state index contributed by atoms with van der Waals surface area (Å²) >= 11 is 0. The van der Waals surface area contributed by atoms with Gasteiger partial charge < -0.3 is 15.1 Å². The molecule has 0 aromatic carbocycles. The molecule has 1 aliphatic rings. The zero-order valence-corrected chi connectivity index (χ0v) is 13.3. The summed E-state index contributed by atoms with van der Waals surface area (Å²) in [6.45, 7) is 6.48. The molecule has 1 aromatic rings. The summed E-state index contributed by atoms with van der Waals surface area (Å²) in [5.41, 5.74) is -0.771. The van der Waals surface area contributed by atoms with Crippen LogP contribution in [0, 0.1) is 0 Å². The van der Waals surface area contributed by atoms with Gasteiger partial charge in [-0.15, -0.1) is 0 Å². The lowest BCUT2D eigenvalue weighted by molar-refractivity contribution is 0.200. The molecule has 8 nitrogen and oxygen atoms in total. The van der Waals surface area contributed by atoms with Crippen LogP contribution in [0.2, 0.25) is 0 Å². The number of hydrogen-bond acceptors (Lipinski definition) is 4. The van der Waals surface area contributed by atoms with E-state index >= 15 is 0 Å². The Bertz CT molecular complexity index is 615. The van der Waals surface area contributed by atoms with Crippen molar-refractivity contribution in [3.05, 3.63) is 26.9 Å². The van der Waals surface area contributed by atoms with Crippen molar-refractivity contribution in [3.8, 4) is 0 Å². The number of H-pyrrole nitrogens is 1. The Morgan fingerprint density at radius 1 is 1.41 bits per heavy atom. The lowest BCUT2D eigenvalue weighted by Gasteiger charge is -2.23. The number of carbonyl (C=O) groups is 1. The average molecular weight is 309 g/mol. The SMILES string of the molecule is CCN(CC)C(=O)N[C@@H]1CCN(c2cc(=O)n(C)c(=O)[nH]2)C1. The molecule has 0 aliphatic carbocycles. The molecule has 0 spiro atoms. The van der Waals surface area contributed by atoms with Crippen LogP contribution in [-0.4, -0.2) is 52.7 Å². The van der Waals surface area contributed by atoms with Crippen LogP contribution in [0.5, 0.6) is 0 Å². The quantitative estimate of drug-likeness (QED) is 0.799. The molecular weight excluding hydrogens is 286 g/mol. The van der Waals surface area contributed by atoms with Gasteiger partial charge in [0.15, 0.2) is 0 Å². The molecule has 0 bridgehead atoms. The van der Waals surface area contributed by atoms with Crippen molar-refractivity contribution in [1.29, 1.82) is 0 Å². The van der Waals surface area contributed by atoms with E-state index in [9.17, 15) is 14.4 Å². The second-order valence-electron chi connectivity index (χ2n) is 5.41. The predicted octanol–water partition coefficient (Wildman–Crippen LogP) is -0.296. The molecule has 2 heterocycles. The third-order valence-electron chi connectivity index (χ3n) is 4.04. The van der Waals surface area contributed by atoms with Crippen LogP contribution in [0.15, 0.2) is 15.7 Å². The maximum absolute atomic E-state index is 12.0. The highest BCUT2D eigenvalue weighted by Gasteiger charge is 2.26. The molecule has 2 rings (SSSR count). The first-order valence-electron chi connectivity index (χ1n) is 7.57. The van der Waals surface area contributed by atoms with Crippen LogP contribution >= 0.6 is 0 Å². The molecule has 2 N–H and O–H groups in total. The van der Waals surface area contributed by atoms with E-state index in [0.717, 1.165) is 11.0 Å². The van der Waals surface area contributed by atoms with Crippen LogP contribution in [-0.2, 0) is 7.05 Å². The van der Waals surface area contributed by atoms with Gasteiger partial charge in [0.1, 0.15) is 5.82 Å². The molecule has 8 heteroatoms. The third-order valence-corrected chi connectivity index (χ3v) is 4.04. The molecule has 1 atom stereocenters. The van der Waals surface area contributed by atoms with Crippen molar-refractivity contribution in [1.82, 2.24) is 19.8 Å². The second-order valence-corrected chi connectivity index (χ2v) is 5.41. The number of amides is 2. The van der Waals surface area contributed by atoms with Gasteiger partial charge >= 0.3 is 11.7 Å². The van der Waals surface area contributed by atoms with Crippen LogP contribution in [0.4, 0.5) is 10.6 Å². The van der Waals surface area contributed by atoms with E-state index < -0.39 is 5.69 Å². The summed E-state index contributed by atoms with van der Waals surface area (Å²) in [6.07, 6.45) is 0.782. The molecule has 0 saturated carbocycles. The summed E-state index contributed by atoms with van der Waals surface area (Å²) in [6, 6.07) is 1.35. The van der Waals surface area contributed by atoms with E-state index in [1.807, 2.05) is 18.7 Å². The Labute approximate surface area is 128 Å². The maximum atomic E-state index is 12.0. The minimum atomic E-state index is -0.432. The van der Waals surface area contributed by atoms with Gasteiger partial charge in [0.05, 0.1) is 0 Å². The van der Waals surface area contributed by atoms with E-state index in [2.05, 4.69) is 10.3 Å². The average Bonchev–Trinajstić information content (AvgIpc) is 2.94. The number of nitrogens with zero attached hydrogens (tertiary/aromatic N) is 3. The topological polar surface area (TPSA) is 90.4 Å². The van der Waals surface area contributed by atoms with E-state index in [1.165, 1.54) is 13.1 Å². The van der Waals surface area contributed by atoms with Gasteiger partial charge in [0, 0.05) is 45.3 Å². The van der Waals surface area contributed by atoms with Crippen molar-refractivity contribution in [2.24, 2.45) is 7.05 Å². The normalized spacial score (nSPS) is 17.6. The van der Waals surface area contributed by atoms with Gasteiger partial charge in [-0.25, -0.2) is 9.59 Å². The third kappa shape index (κ3) is 3.32. The van der Waals surface area contributed by atoms with Crippen LogP contribution < -0.4 is 21.5 Å². The van der Waals surface area contributed by atoms with E-state index in [1.54, 1.807) is 4.90 Å². The van der Waals surface area contributed by atoms with Gasteiger partial charge in [0.25, 0.3) is 5.56 Å². The summed E-state index contributed by atoms with van der Waals surface area (Å²) in [4.78, 5) is 41.7. The van der Waals surface area contributed by atoms with Gasteiger partial charge in [-0.05, 0) is 20.3 Å². The molecule has 1 aliphatic heterocycles. The zero-order valence-electron chi connectivity index (χ0n) is 13.3. The summed E-state index contributed by atoms with van der Waals surface area (Å²) < 4.78 is 1.03. The number of aromatic amines is 1. The Hall–Kier alpha value is -2.25. The van der Waals surface area contributed by atoms with E-state index in [-0.39, 0.29) is 17.6 Å². The van der Waals surface area contributed by atoms with Crippen molar-refractivity contribution < 1.29 is 4.79 Å². The van der Waals surface area contributed by atoms with Gasteiger partial charge in [0.2, 0.25) is 0 Å². The first-order chi connectivity index (χ1) is 10.5. The van der Waals surface area contributed by atoms with Crippen molar-refractivity contribution in [3.63, 3.8) is 0 Å². The molecule has 0 unspecified atom stereocenters.